The molecule has 17 heavy (non-hydrogen) atoms. The highest BCUT2D eigenvalue weighted by Crippen LogP contribution is 2.11. The number of halogens is 1. The molecule has 0 radical (unpaired) electrons. The van der Waals surface area contributed by atoms with Gasteiger partial charge in [0.15, 0.2) is 0 Å². The lowest BCUT2D eigenvalue weighted by Crippen LogP contribution is -2.21. The number of benzene rings is 1. The molecule has 0 saturated carbocycles. The Morgan fingerprint density at radius 2 is 2.12 bits per heavy atom. The quantitative estimate of drug-likeness (QED) is 0.690. The fourth-order valence-corrected chi connectivity index (χ4v) is 1.63. The van der Waals surface area contributed by atoms with E-state index in [1.807, 2.05) is 24.3 Å². The highest BCUT2D eigenvalue weighted by atomic mass is 35.5. The number of nitrogens with one attached hydrogen (secondary N) is 1. The van der Waals surface area contributed by atoms with Crippen LogP contribution in [0.25, 0.3) is 0 Å². The second-order valence-corrected chi connectivity index (χ2v) is 4.22. The van der Waals surface area contributed by atoms with Crippen LogP contribution >= 0.6 is 11.6 Å². The zero-order valence-electron chi connectivity index (χ0n) is 10.2. The van der Waals surface area contributed by atoms with Gasteiger partial charge in [-0.25, -0.2) is 0 Å². The Kier molecular flexibility index (Phi) is 8.01. The van der Waals surface area contributed by atoms with Gasteiger partial charge in [0.25, 0.3) is 0 Å². The van der Waals surface area contributed by atoms with Crippen LogP contribution in [0, 0.1) is 0 Å². The number of methoxy groups -OCH3 is 1. The topological polar surface area (TPSA) is 30.5 Å². The summed E-state index contributed by atoms with van der Waals surface area (Å²) in [7, 11) is 1.70. The molecule has 1 N–H and O–H groups in total. The minimum absolute atomic E-state index is 0.624. The van der Waals surface area contributed by atoms with E-state index in [0.29, 0.717) is 6.61 Å². The van der Waals surface area contributed by atoms with Gasteiger partial charge in [0.1, 0.15) is 0 Å². The Hall–Kier alpha value is -0.610. The third-order valence-electron chi connectivity index (χ3n) is 2.28. The molecule has 0 fully saturated rings. The van der Waals surface area contributed by atoms with Crippen LogP contribution in [-0.4, -0.2) is 33.4 Å². The molecule has 0 amide bonds. The first kappa shape index (κ1) is 14.5. The van der Waals surface area contributed by atoms with Gasteiger partial charge in [-0.2, -0.15) is 0 Å². The van der Waals surface area contributed by atoms with Crippen molar-refractivity contribution in [2.75, 3.05) is 33.4 Å². The van der Waals surface area contributed by atoms with Gasteiger partial charge in [-0.1, -0.05) is 23.7 Å². The minimum Gasteiger partial charge on any atom is -0.383 e. The van der Waals surface area contributed by atoms with Gasteiger partial charge in [-0.15, -0.1) is 0 Å². The van der Waals surface area contributed by atoms with Gasteiger partial charge in [0.05, 0.1) is 13.2 Å². The van der Waals surface area contributed by atoms with E-state index in [-0.39, 0.29) is 0 Å². The lowest BCUT2D eigenvalue weighted by molar-refractivity contribution is 0.117. The van der Waals surface area contributed by atoms with Crippen molar-refractivity contribution in [3.8, 4) is 0 Å². The van der Waals surface area contributed by atoms with Crippen LogP contribution in [-0.2, 0) is 16.1 Å². The molecule has 0 saturated heterocycles. The van der Waals surface area contributed by atoms with Gasteiger partial charge in [-0.05, 0) is 30.7 Å². The van der Waals surface area contributed by atoms with E-state index >= 15 is 0 Å². The Balaban J connectivity index is 1.97. The van der Waals surface area contributed by atoms with Crippen molar-refractivity contribution in [1.82, 2.24) is 5.32 Å². The first-order chi connectivity index (χ1) is 8.33. The molecule has 0 spiro atoms. The molecule has 1 aromatic rings. The van der Waals surface area contributed by atoms with Crippen molar-refractivity contribution in [3.05, 3.63) is 34.9 Å². The fraction of sp³-hybridized carbons (Fsp3) is 0.538. The highest BCUT2D eigenvalue weighted by molar-refractivity contribution is 6.30. The van der Waals surface area contributed by atoms with Crippen LogP contribution in [0.2, 0.25) is 5.02 Å². The Morgan fingerprint density at radius 3 is 2.88 bits per heavy atom. The normalized spacial score (nSPS) is 10.7. The summed E-state index contributed by atoms with van der Waals surface area (Å²) in [6, 6.07) is 7.75. The zero-order chi connectivity index (χ0) is 12.3. The first-order valence-corrected chi connectivity index (χ1v) is 6.22. The van der Waals surface area contributed by atoms with Gasteiger partial charge in [0, 0.05) is 25.3 Å². The highest BCUT2D eigenvalue weighted by Gasteiger charge is 1.94. The SMILES string of the molecule is COCCNCCCOCc1cccc(Cl)c1. The number of hydrogen-bond acceptors (Lipinski definition) is 3. The van der Waals surface area contributed by atoms with Crippen molar-refractivity contribution >= 4 is 11.6 Å². The predicted octanol–water partition coefficient (Wildman–Crippen LogP) is 2.48. The van der Waals surface area contributed by atoms with Crippen LogP contribution < -0.4 is 5.32 Å². The molecule has 3 nitrogen and oxygen atoms in total. The van der Waals surface area contributed by atoms with Gasteiger partial charge in [-0.3, -0.25) is 0 Å². The van der Waals surface area contributed by atoms with E-state index in [4.69, 9.17) is 21.1 Å². The van der Waals surface area contributed by atoms with E-state index in [1.54, 1.807) is 7.11 Å². The van der Waals surface area contributed by atoms with Gasteiger partial charge in [0.2, 0.25) is 0 Å². The summed E-state index contributed by atoms with van der Waals surface area (Å²) in [5.41, 5.74) is 1.12. The summed E-state index contributed by atoms with van der Waals surface area (Å²) in [6.07, 6.45) is 1.00. The maximum Gasteiger partial charge on any atom is 0.0717 e. The average molecular weight is 258 g/mol. The second kappa shape index (κ2) is 9.42. The first-order valence-electron chi connectivity index (χ1n) is 5.85. The van der Waals surface area contributed by atoms with Crippen molar-refractivity contribution in [2.24, 2.45) is 0 Å². The molecule has 1 rings (SSSR count). The number of hydrogen-bond donors (Lipinski definition) is 1. The molecule has 0 unspecified atom stereocenters. The van der Waals surface area contributed by atoms with Crippen LogP contribution in [0.5, 0.6) is 0 Å². The van der Waals surface area contributed by atoms with Crippen molar-refractivity contribution in [3.63, 3.8) is 0 Å². The minimum atomic E-state index is 0.624. The number of ether oxygens (including phenoxy) is 2. The molecule has 0 heterocycles. The van der Waals surface area contributed by atoms with Crippen LogP contribution in [0.15, 0.2) is 24.3 Å². The van der Waals surface area contributed by atoms with E-state index in [2.05, 4.69) is 5.32 Å². The van der Waals surface area contributed by atoms with Gasteiger partial charge >= 0.3 is 0 Å². The lowest BCUT2D eigenvalue weighted by Gasteiger charge is -2.06. The molecule has 0 aliphatic rings. The molecular weight excluding hydrogens is 238 g/mol. The van der Waals surface area contributed by atoms with E-state index in [1.165, 1.54) is 0 Å². The summed E-state index contributed by atoms with van der Waals surface area (Å²) >= 11 is 5.88. The average Bonchev–Trinajstić information content (AvgIpc) is 2.33. The summed E-state index contributed by atoms with van der Waals surface area (Å²) in [5, 5.41) is 4.02. The van der Waals surface area contributed by atoms with Crippen LogP contribution in [0.3, 0.4) is 0 Å². The molecule has 0 aromatic heterocycles. The molecule has 0 bridgehead atoms. The monoisotopic (exact) mass is 257 g/mol. The maximum absolute atomic E-state index is 5.88. The lowest BCUT2D eigenvalue weighted by atomic mass is 10.2. The molecule has 0 atom stereocenters. The number of rotatable bonds is 9. The third kappa shape index (κ3) is 7.34. The molecule has 4 heteroatoms. The molecular formula is C13H20ClNO2. The van der Waals surface area contributed by atoms with Crippen LogP contribution in [0.4, 0.5) is 0 Å². The largest absolute Gasteiger partial charge is 0.383 e. The van der Waals surface area contributed by atoms with Crippen molar-refractivity contribution < 1.29 is 9.47 Å². The summed E-state index contributed by atoms with van der Waals surface area (Å²) in [5.74, 6) is 0. The van der Waals surface area contributed by atoms with Crippen LogP contribution in [0.1, 0.15) is 12.0 Å². The Bertz CT molecular complexity index is 307. The zero-order valence-corrected chi connectivity index (χ0v) is 11.0. The fourth-order valence-electron chi connectivity index (χ4n) is 1.42. The third-order valence-corrected chi connectivity index (χ3v) is 2.52. The molecule has 1 aromatic carbocycles. The maximum atomic E-state index is 5.88. The molecule has 96 valence electrons. The van der Waals surface area contributed by atoms with Gasteiger partial charge < -0.3 is 14.8 Å². The summed E-state index contributed by atoms with van der Waals surface area (Å²) < 4.78 is 10.5. The summed E-state index contributed by atoms with van der Waals surface area (Å²) in [6.45, 7) is 3.98. The van der Waals surface area contributed by atoms with E-state index in [9.17, 15) is 0 Å². The van der Waals surface area contributed by atoms with E-state index in [0.717, 1.165) is 43.3 Å². The molecule has 0 aliphatic carbocycles. The Labute approximate surface area is 108 Å². The smallest absolute Gasteiger partial charge is 0.0717 e. The Morgan fingerprint density at radius 1 is 1.24 bits per heavy atom. The molecule has 0 aliphatic heterocycles. The summed E-state index contributed by atoms with van der Waals surface area (Å²) in [4.78, 5) is 0. The predicted molar refractivity (Wildman–Crippen MR) is 70.5 cm³/mol. The van der Waals surface area contributed by atoms with Crippen molar-refractivity contribution in [1.29, 1.82) is 0 Å². The van der Waals surface area contributed by atoms with Crippen molar-refractivity contribution in [2.45, 2.75) is 13.0 Å². The van der Waals surface area contributed by atoms with E-state index < -0.39 is 0 Å². The second-order valence-electron chi connectivity index (χ2n) is 3.78. The standard InChI is InChI=1S/C13H20ClNO2/c1-16-9-7-15-6-3-8-17-11-12-4-2-5-13(14)10-12/h2,4-5,10,15H,3,6-9,11H2,1H3.